The number of hydrogen-bond donors (Lipinski definition) is 1. The van der Waals surface area contributed by atoms with E-state index in [1.807, 2.05) is 30.3 Å². The van der Waals surface area contributed by atoms with E-state index in [4.69, 9.17) is 10.00 Å². The molecule has 23 heavy (non-hydrogen) atoms. The van der Waals surface area contributed by atoms with E-state index in [2.05, 4.69) is 10.3 Å². The minimum absolute atomic E-state index is 0.270. The second kappa shape index (κ2) is 6.46. The largest absolute Gasteiger partial charge is 0.481 e. The van der Waals surface area contributed by atoms with Gasteiger partial charge in [0.1, 0.15) is 5.75 Å². The number of hydrogen-bond acceptors (Lipinski definition) is 5. The van der Waals surface area contributed by atoms with E-state index < -0.39 is 6.10 Å². The maximum atomic E-state index is 12.2. The lowest BCUT2D eigenvalue weighted by Crippen LogP contribution is -2.30. The number of thiazole rings is 1. The molecule has 1 amide bonds. The van der Waals surface area contributed by atoms with Crippen molar-refractivity contribution in [2.24, 2.45) is 0 Å². The number of ether oxygens (including phenoxy) is 1. The van der Waals surface area contributed by atoms with Crippen molar-refractivity contribution in [3.63, 3.8) is 0 Å². The monoisotopic (exact) mass is 323 g/mol. The van der Waals surface area contributed by atoms with Crippen LogP contribution in [-0.4, -0.2) is 17.0 Å². The lowest BCUT2D eigenvalue weighted by Gasteiger charge is -2.13. The number of anilines is 1. The van der Waals surface area contributed by atoms with E-state index in [1.54, 1.807) is 31.2 Å². The van der Waals surface area contributed by atoms with Crippen molar-refractivity contribution in [2.45, 2.75) is 13.0 Å². The van der Waals surface area contributed by atoms with Gasteiger partial charge in [0.15, 0.2) is 11.2 Å². The summed E-state index contributed by atoms with van der Waals surface area (Å²) >= 11 is 1.42. The van der Waals surface area contributed by atoms with Gasteiger partial charge in [0, 0.05) is 0 Å². The third kappa shape index (κ3) is 3.47. The normalized spacial score (nSPS) is 11.7. The molecule has 1 N–H and O–H groups in total. The molecule has 0 aliphatic carbocycles. The predicted molar refractivity (Wildman–Crippen MR) is 89.5 cm³/mol. The van der Waals surface area contributed by atoms with Gasteiger partial charge in [0.05, 0.1) is 21.8 Å². The summed E-state index contributed by atoms with van der Waals surface area (Å²) in [5.74, 6) is 0.268. The van der Waals surface area contributed by atoms with E-state index in [1.165, 1.54) is 11.3 Å². The first kappa shape index (κ1) is 15.0. The number of fused-ring (bicyclic) bond motifs is 1. The molecule has 0 spiro atoms. The summed E-state index contributed by atoms with van der Waals surface area (Å²) in [5, 5.41) is 12.1. The molecular weight excluding hydrogens is 310 g/mol. The zero-order valence-corrected chi connectivity index (χ0v) is 13.1. The van der Waals surface area contributed by atoms with Gasteiger partial charge in [-0.15, -0.1) is 0 Å². The Kier molecular flexibility index (Phi) is 4.22. The van der Waals surface area contributed by atoms with Crippen LogP contribution in [0.3, 0.4) is 0 Å². The molecule has 0 radical (unpaired) electrons. The van der Waals surface area contributed by atoms with E-state index in [0.29, 0.717) is 16.4 Å². The van der Waals surface area contributed by atoms with Crippen LogP contribution in [0.2, 0.25) is 0 Å². The Morgan fingerprint density at radius 2 is 2.00 bits per heavy atom. The second-order valence-corrected chi connectivity index (χ2v) is 5.90. The van der Waals surface area contributed by atoms with Crippen LogP contribution >= 0.6 is 11.3 Å². The Labute approximate surface area is 137 Å². The van der Waals surface area contributed by atoms with Crippen LogP contribution in [0.5, 0.6) is 5.75 Å². The summed E-state index contributed by atoms with van der Waals surface area (Å²) in [5.41, 5.74) is 1.40. The zero-order chi connectivity index (χ0) is 16.2. The van der Waals surface area contributed by atoms with Crippen molar-refractivity contribution in [3.8, 4) is 11.8 Å². The van der Waals surface area contributed by atoms with Crippen LogP contribution in [0.1, 0.15) is 12.5 Å². The van der Waals surface area contributed by atoms with Gasteiger partial charge >= 0.3 is 0 Å². The predicted octanol–water partition coefficient (Wildman–Crippen LogP) is 3.57. The molecule has 0 bridgehead atoms. The van der Waals surface area contributed by atoms with Crippen LogP contribution < -0.4 is 10.1 Å². The summed E-state index contributed by atoms with van der Waals surface area (Å²) in [7, 11) is 0. The highest BCUT2D eigenvalue weighted by Gasteiger charge is 2.16. The number of benzene rings is 2. The lowest BCUT2D eigenvalue weighted by molar-refractivity contribution is -0.122. The number of para-hydroxylation sites is 1. The molecule has 3 rings (SSSR count). The first-order valence-corrected chi connectivity index (χ1v) is 7.80. The van der Waals surface area contributed by atoms with Crippen molar-refractivity contribution in [1.82, 2.24) is 4.98 Å². The van der Waals surface area contributed by atoms with E-state index in [0.717, 1.165) is 10.2 Å². The number of carbonyl (C=O) groups is 1. The molecule has 1 heterocycles. The van der Waals surface area contributed by atoms with E-state index >= 15 is 0 Å². The zero-order valence-electron chi connectivity index (χ0n) is 12.3. The van der Waals surface area contributed by atoms with Gasteiger partial charge in [-0.3, -0.25) is 10.1 Å². The minimum atomic E-state index is -0.671. The molecule has 1 aromatic heterocycles. The highest BCUT2D eigenvalue weighted by atomic mass is 32.1. The number of nitriles is 1. The Balaban J connectivity index is 1.65. The van der Waals surface area contributed by atoms with Crippen molar-refractivity contribution in [1.29, 1.82) is 5.26 Å². The highest BCUT2D eigenvalue weighted by Crippen LogP contribution is 2.25. The number of rotatable bonds is 4. The molecule has 1 atom stereocenters. The molecule has 6 heteroatoms. The Morgan fingerprint density at radius 3 is 2.70 bits per heavy atom. The average molecular weight is 323 g/mol. The minimum Gasteiger partial charge on any atom is -0.481 e. The first-order chi connectivity index (χ1) is 11.2. The summed E-state index contributed by atoms with van der Waals surface area (Å²) < 4.78 is 6.59. The van der Waals surface area contributed by atoms with E-state index in [9.17, 15) is 4.79 Å². The summed E-state index contributed by atoms with van der Waals surface area (Å²) in [6, 6.07) is 16.4. The standard InChI is InChI=1S/C17H13N3O2S/c1-11(22-13-8-6-12(10-18)7-9-13)16(21)20-17-19-14-4-2-3-5-15(14)23-17/h2-9,11H,1H3,(H,19,20,21)/t11-/m1/s1. The topological polar surface area (TPSA) is 75.0 Å². The third-order valence-electron chi connectivity index (χ3n) is 3.19. The summed E-state index contributed by atoms with van der Waals surface area (Å²) in [6.45, 7) is 1.67. The molecule has 5 nitrogen and oxygen atoms in total. The van der Waals surface area contributed by atoms with Gasteiger partial charge in [-0.2, -0.15) is 5.26 Å². The van der Waals surface area contributed by atoms with Crippen LogP contribution in [-0.2, 0) is 4.79 Å². The molecule has 0 aliphatic heterocycles. The molecule has 0 saturated heterocycles. The first-order valence-electron chi connectivity index (χ1n) is 6.99. The molecule has 0 aliphatic rings. The van der Waals surface area contributed by atoms with Crippen molar-refractivity contribution >= 4 is 32.6 Å². The van der Waals surface area contributed by atoms with Crippen molar-refractivity contribution < 1.29 is 9.53 Å². The van der Waals surface area contributed by atoms with Crippen molar-refractivity contribution in [2.75, 3.05) is 5.32 Å². The van der Waals surface area contributed by atoms with Gasteiger partial charge in [0.2, 0.25) is 0 Å². The number of carbonyl (C=O) groups excluding carboxylic acids is 1. The SMILES string of the molecule is C[C@@H](Oc1ccc(C#N)cc1)C(=O)Nc1nc2ccccc2s1. The molecule has 3 aromatic rings. The third-order valence-corrected chi connectivity index (χ3v) is 4.14. The fourth-order valence-corrected chi connectivity index (χ4v) is 2.87. The summed E-state index contributed by atoms with van der Waals surface area (Å²) in [6.07, 6.45) is -0.671. The summed E-state index contributed by atoms with van der Waals surface area (Å²) in [4.78, 5) is 16.6. The quantitative estimate of drug-likeness (QED) is 0.796. The van der Waals surface area contributed by atoms with Gasteiger partial charge in [0.25, 0.3) is 5.91 Å². The fraction of sp³-hybridized carbons (Fsp3) is 0.118. The fourth-order valence-electron chi connectivity index (χ4n) is 2.00. The Bertz CT molecular complexity index is 848. The van der Waals surface area contributed by atoms with Gasteiger partial charge < -0.3 is 4.74 Å². The maximum absolute atomic E-state index is 12.2. The Hall–Kier alpha value is -2.91. The maximum Gasteiger partial charge on any atom is 0.266 e. The van der Waals surface area contributed by atoms with Crippen LogP contribution in [0, 0.1) is 11.3 Å². The molecule has 0 fully saturated rings. The number of aromatic nitrogens is 1. The van der Waals surface area contributed by atoms with Gasteiger partial charge in [-0.05, 0) is 43.3 Å². The number of nitrogens with zero attached hydrogens (tertiary/aromatic N) is 2. The molecule has 0 saturated carbocycles. The smallest absolute Gasteiger partial charge is 0.266 e. The number of nitrogens with one attached hydrogen (secondary N) is 1. The molecule has 2 aromatic carbocycles. The molecule has 114 valence electrons. The van der Waals surface area contributed by atoms with Crippen LogP contribution in [0.15, 0.2) is 48.5 Å². The lowest BCUT2D eigenvalue weighted by atomic mass is 10.2. The molecular formula is C17H13N3O2S. The van der Waals surface area contributed by atoms with Gasteiger partial charge in [-0.25, -0.2) is 4.98 Å². The van der Waals surface area contributed by atoms with E-state index in [-0.39, 0.29) is 5.91 Å². The average Bonchev–Trinajstić information content (AvgIpc) is 2.97. The van der Waals surface area contributed by atoms with Crippen LogP contribution in [0.25, 0.3) is 10.2 Å². The van der Waals surface area contributed by atoms with Crippen LogP contribution in [0.4, 0.5) is 5.13 Å². The highest BCUT2D eigenvalue weighted by molar-refractivity contribution is 7.22. The second-order valence-electron chi connectivity index (χ2n) is 4.87. The Morgan fingerprint density at radius 1 is 1.26 bits per heavy atom. The number of amides is 1. The van der Waals surface area contributed by atoms with Crippen molar-refractivity contribution in [3.05, 3.63) is 54.1 Å². The molecule has 0 unspecified atom stereocenters. The van der Waals surface area contributed by atoms with Gasteiger partial charge in [-0.1, -0.05) is 23.5 Å².